The van der Waals surface area contributed by atoms with Crippen molar-refractivity contribution in [2.24, 2.45) is 14.1 Å². The summed E-state index contributed by atoms with van der Waals surface area (Å²) in [6, 6.07) is 24.4. The van der Waals surface area contributed by atoms with Crippen molar-refractivity contribution in [2.45, 2.75) is 13.0 Å². The van der Waals surface area contributed by atoms with E-state index in [0.29, 0.717) is 10.9 Å². The zero-order valence-electron chi connectivity index (χ0n) is 21.6. The van der Waals surface area contributed by atoms with Gasteiger partial charge in [-0.1, -0.05) is 48.0 Å². The number of fused-ring (bicyclic) bond motifs is 5. The Bertz CT molecular complexity index is 1810. The van der Waals surface area contributed by atoms with Gasteiger partial charge in [0.05, 0.1) is 39.7 Å². The van der Waals surface area contributed by atoms with Gasteiger partial charge in [-0.05, 0) is 48.4 Å². The summed E-state index contributed by atoms with van der Waals surface area (Å²) in [6.07, 6.45) is 0. The summed E-state index contributed by atoms with van der Waals surface area (Å²) in [5.74, 6) is 0. The van der Waals surface area contributed by atoms with Gasteiger partial charge in [-0.25, -0.2) is 4.79 Å². The molecule has 0 saturated heterocycles. The van der Waals surface area contributed by atoms with Gasteiger partial charge < -0.3 is 14.8 Å². The monoisotopic (exact) mass is 491 g/mol. The minimum absolute atomic E-state index is 0.273. The summed E-state index contributed by atoms with van der Waals surface area (Å²) in [7, 11) is 7.33. The van der Waals surface area contributed by atoms with E-state index >= 15 is 0 Å². The van der Waals surface area contributed by atoms with Crippen molar-refractivity contribution in [3.05, 3.63) is 110 Å². The van der Waals surface area contributed by atoms with E-state index in [9.17, 15) is 9.59 Å². The fraction of sp³-hybridized carbons (Fsp3) is 0.200. The van der Waals surface area contributed by atoms with Crippen LogP contribution < -0.4 is 21.5 Å². The molecule has 3 heterocycles. The molecule has 0 bridgehead atoms. The highest BCUT2D eigenvalue weighted by Gasteiger charge is 2.34. The summed E-state index contributed by atoms with van der Waals surface area (Å²) in [6.45, 7) is 2.05. The van der Waals surface area contributed by atoms with Crippen LogP contribution in [0.3, 0.4) is 0 Å². The first-order valence-corrected chi connectivity index (χ1v) is 12.3. The van der Waals surface area contributed by atoms with E-state index in [0.717, 1.165) is 45.1 Å². The van der Waals surface area contributed by atoms with Crippen LogP contribution in [-0.4, -0.2) is 27.8 Å². The molecule has 1 atom stereocenters. The maximum Gasteiger partial charge on any atom is 0.331 e. The third-order valence-corrected chi connectivity index (χ3v) is 7.36. The molecule has 37 heavy (non-hydrogen) atoms. The molecule has 1 N–H and O–H groups in total. The van der Waals surface area contributed by atoms with Gasteiger partial charge in [-0.15, -0.1) is 0 Å². The number of para-hydroxylation sites is 2. The summed E-state index contributed by atoms with van der Waals surface area (Å²) in [4.78, 5) is 29.0. The third kappa shape index (κ3) is 3.34. The number of hydrogen-bond donors (Lipinski definition) is 1. The minimum Gasteiger partial charge on any atom is -0.378 e. The van der Waals surface area contributed by atoms with Crippen LogP contribution in [0.2, 0.25) is 0 Å². The minimum atomic E-state index is -0.345. The van der Waals surface area contributed by atoms with E-state index in [1.807, 2.05) is 51.4 Å². The van der Waals surface area contributed by atoms with E-state index in [-0.39, 0.29) is 17.3 Å². The Hall–Kier alpha value is -4.52. The SMILES string of the molecule is Cc1cccc(-c2c3c(=O)n(C)c(=O)n(C)c3c3n2-c2ccccc2NC3c2ccc(N(C)C)cc2)c1. The highest BCUT2D eigenvalue weighted by molar-refractivity contribution is 5.99. The first-order valence-electron chi connectivity index (χ1n) is 12.3. The number of aryl methyl sites for hydroxylation is 2. The van der Waals surface area contributed by atoms with Gasteiger partial charge in [0.1, 0.15) is 0 Å². The topological polar surface area (TPSA) is 64.2 Å². The van der Waals surface area contributed by atoms with Crippen molar-refractivity contribution in [1.82, 2.24) is 13.7 Å². The Labute approximate surface area is 214 Å². The normalized spacial score (nSPS) is 14.2. The highest BCUT2D eigenvalue weighted by atomic mass is 16.2. The predicted octanol–water partition coefficient (Wildman–Crippen LogP) is 4.58. The van der Waals surface area contributed by atoms with Crippen LogP contribution in [0.1, 0.15) is 22.9 Å². The smallest absolute Gasteiger partial charge is 0.331 e. The molecule has 7 nitrogen and oxygen atoms in total. The molecule has 0 radical (unpaired) electrons. The van der Waals surface area contributed by atoms with Crippen molar-refractivity contribution in [3.8, 4) is 16.9 Å². The zero-order chi connectivity index (χ0) is 26.0. The largest absolute Gasteiger partial charge is 0.378 e. The Morgan fingerprint density at radius 1 is 0.865 bits per heavy atom. The second kappa shape index (κ2) is 8.27. The summed E-state index contributed by atoms with van der Waals surface area (Å²) in [5.41, 5.74) is 7.77. The highest BCUT2D eigenvalue weighted by Crippen LogP contribution is 2.45. The lowest BCUT2D eigenvalue weighted by Crippen LogP contribution is -2.37. The third-order valence-electron chi connectivity index (χ3n) is 7.36. The van der Waals surface area contributed by atoms with E-state index in [1.165, 1.54) is 4.57 Å². The molecule has 3 aromatic carbocycles. The molecule has 1 aliphatic heterocycles. The molecule has 0 spiro atoms. The van der Waals surface area contributed by atoms with E-state index in [4.69, 9.17) is 0 Å². The number of hydrogen-bond acceptors (Lipinski definition) is 4. The second-order valence-corrected chi connectivity index (χ2v) is 9.95. The number of anilines is 2. The van der Waals surface area contributed by atoms with Crippen LogP contribution in [0, 0.1) is 6.92 Å². The Morgan fingerprint density at radius 3 is 2.30 bits per heavy atom. The summed E-state index contributed by atoms with van der Waals surface area (Å²) < 4.78 is 4.99. The second-order valence-electron chi connectivity index (χ2n) is 9.95. The molecule has 186 valence electrons. The number of benzene rings is 3. The van der Waals surface area contributed by atoms with E-state index in [1.54, 1.807) is 18.7 Å². The van der Waals surface area contributed by atoms with Gasteiger partial charge in [0.15, 0.2) is 0 Å². The lowest BCUT2D eigenvalue weighted by molar-refractivity contribution is 0.708. The molecule has 7 heteroatoms. The first kappa shape index (κ1) is 22.9. The van der Waals surface area contributed by atoms with Gasteiger partial charge in [-0.3, -0.25) is 13.9 Å². The standard InChI is InChI=1S/C30H29N5O2/c1-18-9-8-10-20(17-18)26-24-27(33(4)30(37)34(5)29(24)36)28-25(19-13-15-21(16-14-19)32(2)3)31-22-11-6-7-12-23(22)35(26)28/h6-17,25,31H,1-5H3. The molecule has 0 amide bonds. The van der Waals surface area contributed by atoms with Crippen molar-refractivity contribution >= 4 is 22.3 Å². The van der Waals surface area contributed by atoms with Crippen LogP contribution in [0.5, 0.6) is 0 Å². The molecular formula is C30H29N5O2. The maximum absolute atomic E-state index is 13.8. The van der Waals surface area contributed by atoms with Crippen LogP contribution in [0.4, 0.5) is 11.4 Å². The number of rotatable bonds is 3. The number of aromatic nitrogens is 3. The lowest BCUT2D eigenvalue weighted by Gasteiger charge is -2.31. The van der Waals surface area contributed by atoms with Crippen LogP contribution in [0.25, 0.3) is 27.8 Å². The van der Waals surface area contributed by atoms with Crippen LogP contribution >= 0.6 is 0 Å². The molecular weight excluding hydrogens is 462 g/mol. The Morgan fingerprint density at radius 2 is 1.59 bits per heavy atom. The molecule has 6 rings (SSSR count). The van der Waals surface area contributed by atoms with E-state index in [2.05, 4.69) is 57.2 Å². The summed E-state index contributed by atoms with van der Waals surface area (Å²) in [5, 5.41) is 4.25. The molecule has 0 fully saturated rings. The first-order chi connectivity index (χ1) is 17.8. The molecule has 5 aromatic rings. The van der Waals surface area contributed by atoms with Gasteiger partial charge in [-0.2, -0.15) is 0 Å². The summed E-state index contributed by atoms with van der Waals surface area (Å²) >= 11 is 0. The quantitative estimate of drug-likeness (QED) is 0.401. The Kier molecular flexibility index (Phi) is 5.12. The fourth-order valence-corrected chi connectivity index (χ4v) is 5.50. The number of nitrogens with one attached hydrogen (secondary N) is 1. The van der Waals surface area contributed by atoms with Crippen molar-refractivity contribution in [2.75, 3.05) is 24.3 Å². The molecule has 2 aromatic heterocycles. The van der Waals surface area contributed by atoms with Crippen LogP contribution in [-0.2, 0) is 14.1 Å². The maximum atomic E-state index is 13.8. The molecule has 1 aliphatic rings. The lowest BCUT2D eigenvalue weighted by atomic mass is 9.99. The average molecular weight is 492 g/mol. The predicted molar refractivity (Wildman–Crippen MR) is 150 cm³/mol. The Balaban J connectivity index is 1.80. The average Bonchev–Trinajstić information content (AvgIpc) is 3.27. The fourth-order valence-electron chi connectivity index (χ4n) is 5.50. The van der Waals surface area contributed by atoms with Gasteiger partial charge >= 0.3 is 5.69 Å². The van der Waals surface area contributed by atoms with Gasteiger partial charge in [0.2, 0.25) is 0 Å². The zero-order valence-corrected chi connectivity index (χ0v) is 21.6. The van der Waals surface area contributed by atoms with Crippen molar-refractivity contribution < 1.29 is 0 Å². The van der Waals surface area contributed by atoms with E-state index < -0.39 is 0 Å². The van der Waals surface area contributed by atoms with Gasteiger partial charge in [0.25, 0.3) is 5.56 Å². The number of nitrogens with zero attached hydrogens (tertiary/aromatic N) is 4. The molecule has 0 aliphatic carbocycles. The van der Waals surface area contributed by atoms with Crippen molar-refractivity contribution in [3.63, 3.8) is 0 Å². The van der Waals surface area contributed by atoms with Crippen LogP contribution in [0.15, 0.2) is 82.4 Å². The molecule has 0 saturated carbocycles. The molecule has 1 unspecified atom stereocenters. The van der Waals surface area contributed by atoms with Gasteiger partial charge in [0, 0.05) is 33.9 Å². The van der Waals surface area contributed by atoms with Crippen molar-refractivity contribution in [1.29, 1.82) is 0 Å².